The smallest absolute Gasteiger partial charge is 0.251 e. The predicted octanol–water partition coefficient (Wildman–Crippen LogP) is 3.17. The van der Waals surface area contributed by atoms with Gasteiger partial charge in [-0.1, -0.05) is 18.2 Å². The molecule has 6 nitrogen and oxygen atoms in total. The Bertz CT molecular complexity index is 948. The first kappa shape index (κ1) is 20.9. The number of carbonyl (C=O) groups excluding carboxylic acids is 1. The monoisotopic (exact) mass is 413 g/mol. The Labute approximate surface area is 172 Å². The lowest BCUT2D eigenvalue weighted by Gasteiger charge is -2.20. The molecule has 0 spiro atoms. The maximum absolute atomic E-state index is 12.4. The molecule has 0 aromatic heterocycles. The fourth-order valence-electron chi connectivity index (χ4n) is 3.41. The Morgan fingerprint density at radius 3 is 2.28 bits per heavy atom. The first-order chi connectivity index (χ1) is 13.9. The third-order valence-electron chi connectivity index (χ3n) is 4.97. The highest BCUT2D eigenvalue weighted by Gasteiger charge is 2.16. The summed E-state index contributed by atoms with van der Waals surface area (Å²) in [5.74, 6) is -0.199. The molecule has 29 heavy (non-hydrogen) atoms. The lowest BCUT2D eigenvalue weighted by molar-refractivity contribution is 0.0951. The standard InChI is InChI=1S/C22H27N3O3S/c1-3-14-25(29(2,27)28)21-12-8-19(9-13-21)22(26)23-17-18-6-10-20(11-7-18)24-15-4-5-16-24/h3,6-13H,1,4-5,14-17H2,2H3,(H,23,26). The van der Waals surface area contributed by atoms with Gasteiger partial charge in [0.15, 0.2) is 0 Å². The van der Waals surface area contributed by atoms with E-state index in [0.717, 1.165) is 24.9 Å². The quantitative estimate of drug-likeness (QED) is 0.675. The highest BCUT2D eigenvalue weighted by molar-refractivity contribution is 7.92. The molecule has 2 aromatic rings. The molecule has 1 N–H and O–H groups in total. The molecule has 1 amide bonds. The number of amides is 1. The van der Waals surface area contributed by atoms with Crippen LogP contribution in [0.25, 0.3) is 0 Å². The second-order valence-corrected chi connectivity index (χ2v) is 9.08. The largest absolute Gasteiger partial charge is 0.372 e. The van der Waals surface area contributed by atoms with Crippen molar-refractivity contribution < 1.29 is 13.2 Å². The minimum atomic E-state index is -3.41. The predicted molar refractivity (Wildman–Crippen MR) is 118 cm³/mol. The summed E-state index contributed by atoms with van der Waals surface area (Å²) in [6, 6.07) is 14.8. The Hall–Kier alpha value is -2.80. The maximum atomic E-state index is 12.4. The van der Waals surface area contributed by atoms with Crippen molar-refractivity contribution in [3.8, 4) is 0 Å². The Morgan fingerprint density at radius 1 is 1.10 bits per heavy atom. The van der Waals surface area contributed by atoms with E-state index in [4.69, 9.17) is 0 Å². The number of hydrogen-bond donors (Lipinski definition) is 1. The number of sulfonamides is 1. The number of benzene rings is 2. The van der Waals surface area contributed by atoms with E-state index in [1.807, 2.05) is 12.1 Å². The number of carbonyl (C=O) groups is 1. The van der Waals surface area contributed by atoms with Gasteiger partial charge in [0, 0.05) is 30.9 Å². The van der Waals surface area contributed by atoms with Gasteiger partial charge < -0.3 is 10.2 Å². The van der Waals surface area contributed by atoms with Crippen LogP contribution in [0.1, 0.15) is 28.8 Å². The van der Waals surface area contributed by atoms with Gasteiger partial charge in [-0.15, -0.1) is 6.58 Å². The summed E-state index contributed by atoms with van der Waals surface area (Å²) in [5.41, 5.74) is 3.24. The number of nitrogens with zero attached hydrogens (tertiary/aromatic N) is 2. The average molecular weight is 414 g/mol. The first-order valence-electron chi connectivity index (χ1n) is 9.69. The molecule has 1 saturated heterocycles. The van der Waals surface area contributed by atoms with E-state index in [2.05, 4.69) is 28.9 Å². The molecule has 1 aliphatic heterocycles. The molecule has 154 valence electrons. The van der Waals surface area contributed by atoms with E-state index in [1.165, 1.54) is 28.9 Å². The average Bonchev–Trinajstić information content (AvgIpc) is 3.25. The van der Waals surface area contributed by atoms with Crippen molar-refractivity contribution in [2.24, 2.45) is 0 Å². The number of anilines is 2. The Morgan fingerprint density at radius 2 is 1.72 bits per heavy atom. The topological polar surface area (TPSA) is 69.7 Å². The summed E-state index contributed by atoms with van der Waals surface area (Å²) in [6.07, 6.45) is 5.15. The lowest BCUT2D eigenvalue weighted by Crippen LogP contribution is -2.30. The van der Waals surface area contributed by atoms with Crippen LogP contribution < -0.4 is 14.5 Å². The van der Waals surface area contributed by atoms with Gasteiger partial charge in [0.05, 0.1) is 18.5 Å². The molecule has 2 aromatic carbocycles. The summed E-state index contributed by atoms with van der Waals surface area (Å²) in [6.45, 7) is 6.42. The van der Waals surface area contributed by atoms with Crippen molar-refractivity contribution >= 4 is 27.3 Å². The van der Waals surface area contributed by atoms with Crippen molar-refractivity contribution in [2.45, 2.75) is 19.4 Å². The van der Waals surface area contributed by atoms with Gasteiger partial charge in [-0.3, -0.25) is 9.10 Å². The van der Waals surface area contributed by atoms with Crippen LogP contribution in [0.3, 0.4) is 0 Å². The van der Waals surface area contributed by atoms with Crippen LogP contribution in [0.2, 0.25) is 0 Å². The molecule has 1 aliphatic rings. The molecule has 1 heterocycles. The van der Waals surface area contributed by atoms with Gasteiger partial charge in [0.1, 0.15) is 0 Å². The van der Waals surface area contributed by atoms with Gasteiger partial charge in [0.2, 0.25) is 10.0 Å². The molecule has 0 bridgehead atoms. The van der Waals surface area contributed by atoms with Gasteiger partial charge in [0.25, 0.3) is 5.91 Å². The van der Waals surface area contributed by atoms with Crippen LogP contribution in [-0.2, 0) is 16.6 Å². The fraction of sp³-hybridized carbons (Fsp3) is 0.318. The summed E-state index contributed by atoms with van der Waals surface area (Å²) >= 11 is 0. The van der Waals surface area contributed by atoms with Crippen molar-refractivity contribution in [3.63, 3.8) is 0 Å². The Kier molecular flexibility index (Phi) is 6.59. The van der Waals surface area contributed by atoms with Gasteiger partial charge in [-0.05, 0) is 54.8 Å². The van der Waals surface area contributed by atoms with Crippen LogP contribution >= 0.6 is 0 Å². The van der Waals surface area contributed by atoms with E-state index in [1.54, 1.807) is 24.3 Å². The van der Waals surface area contributed by atoms with Crippen LogP contribution in [0.5, 0.6) is 0 Å². The zero-order valence-corrected chi connectivity index (χ0v) is 17.5. The van der Waals surface area contributed by atoms with Crippen LogP contribution in [0.4, 0.5) is 11.4 Å². The summed E-state index contributed by atoms with van der Waals surface area (Å²) in [5, 5.41) is 2.91. The van der Waals surface area contributed by atoms with Crippen LogP contribution in [0, 0.1) is 0 Å². The highest BCUT2D eigenvalue weighted by atomic mass is 32.2. The van der Waals surface area contributed by atoms with E-state index in [0.29, 0.717) is 17.8 Å². The third-order valence-corrected chi connectivity index (χ3v) is 6.13. The van der Waals surface area contributed by atoms with E-state index in [-0.39, 0.29) is 12.5 Å². The van der Waals surface area contributed by atoms with Gasteiger partial charge in [-0.25, -0.2) is 8.42 Å². The van der Waals surface area contributed by atoms with E-state index < -0.39 is 10.0 Å². The second kappa shape index (κ2) is 9.13. The fourth-order valence-corrected chi connectivity index (χ4v) is 4.29. The second-order valence-electron chi connectivity index (χ2n) is 7.17. The molecular formula is C22H27N3O3S. The zero-order valence-electron chi connectivity index (χ0n) is 16.7. The molecule has 3 rings (SSSR count). The zero-order chi connectivity index (χ0) is 20.9. The summed E-state index contributed by atoms with van der Waals surface area (Å²) < 4.78 is 25.0. The van der Waals surface area contributed by atoms with E-state index >= 15 is 0 Å². The maximum Gasteiger partial charge on any atom is 0.251 e. The SMILES string of the molecule is C=CCN(c1ccc(C(=O)NCc2ccc(N3CCCC3)cc2)cc1)S(C)(=O)=O. The number of rotatable bonds is 8. The molecule has 0 unspecified atom stereocenters. The molecule has 0 atom stereocenters. The normalized spacial score (nSPS) is 13.9. The third kappa shape index (κ3) is 5.38. The summed E-state index contributed by atoms with van der Waals surface area (Å²) in [7, 11) is -3.41. The molecule has 0 aliphatic carbocycles. The van der Waals surface area contributed by atoms with Crippen molar-refractivity contribution in [1.82, 2.24) is 5.32 Å². The van der Waals surface area contributed by atoms with Crippen LogP contribution in [-0.4, -0.2) is 40.2 Å². The molecule has 0 saturated carbocycles. The number of nitrogens with one attached hydrogen (secondary N) is 1. The lowest BCUT2D eigenvalue weighted by atomic mass is 10.1. The van der Waals surface area contributed by atoms with E-state index in [9.17, 15) is 13.2 Å². The molecule has 7 heteroatoms. The van der Waals surface area contributed by atoms with Crippen molar-refractivity contribution in [2.75, 3.05) is 35.1 Å². The van der Waals surface area contributed by atoms with Crippen molar-refractivity contribution in [3.05, 3.63) is 72.3 Å². The summed E-state index contributed by atoms with van der Waals surface area (Å²) in [4.78, 5) is 14.8. The Balaban J connectivity index is 1.60. The first-order valence-corrected chi connectivity index (χ1v) is 11.5. The van der Waals surface area contributed by atoms with Crippen molar-refractivity contribution in [1.29, 1.82) is 0 Å². The van der Waals surface area contributed by atoms with Gasteiger partial charge >= 0.3 is 0 Å². The minimum Gasteiger partial charge on any atom is -0.372 e. The van der Waals surface area contributed by atoms with Crippen LogP contribution in [0.15, 0.2) is 61.2 Å². The number of hydrogen-bond acceptors (Lipinski definition) is 4. The molecular weight excluding hydrogens is 386 g/mol. The molecule has 1 fully saturated rings. The minimum absolute atomic E-state index is 0.178. The highest BCUT2D eigenvalue weighted by Crippen LogP contribution is 2.21. The molecule has 0 radical (unpaired) electrons. The van der Waals surface area contributed by atoms with Gasteiger partial charge in [-0.2, -0.15) is 0 Å².